The van der Waals surface area contributed by atoms with Crippen LogP contribution >= 0.6 is 0 Å². The number of Topliss-reactive ketones (excluding diaryl/α,β-unsaturated/α-hetero) is 1. The SMILES string of the molecule is CC(=O)c1cccc(NC(=O)CN(C)C(=O)c2ccc3c(c2)nnn3C(C)C)c1. The van der Waals surface area contributed by atoms with E-state index in [1.807, 2.05) is 19.9 Å². The monoisotopic (exact) mass is 393 g/mol. The molecule has 29 heavy (non-hydrogen) atoms. The molecule has 150 valence electrons. The van der Waals surface area contributed by atoms with Crippen LogP contribution < -0.4 is 5.32 Å². The lowest BCUT2D eigenvalue weighted by atomic mass is 10.1. The zero-order valence-electron chi connectivity index (χ0n) is 16.8. The Morgan fingerprint density at radius 3 is 2.55 bits per heavy atom. The van der Waals surface area contributed by atoms with Gasteiger partial charge in [0.1, 0.15) is 5.52 Å². The Morgan fingerprint density at radius 1 is 1.10 bits per heavy atom. The first kappa shape index (κ1) is 20.2. The Hall–Kier alpha value is -3.55. The summed E-state index contributed by atoms with van der Waals surface area (Å²) in [4.78, 5) is 37.8. The minimum absolute atomic E-state index is 0.0850. The molecule has 0 aliphatic carbocycles. The molecule has 0 aliphatic rings. The van der Waals surface area contributed by atoms with Gasteiger partial charge in [0.25, 0.3) is 5.91 Å². The fraction of sp³-hybridized carbons (Fsp3) is 0.286. The number of amides is 2. The number of ketones is 1. The lowest BCUT2D eigenvalue weighted by Crippen LogP contribution is -2.34. The van der Waals surface area contributed by atoms with Gasteiger partial charge >= 0.3 is 0 Å². The molecule has 1 N–H and O–H groups in total. The van der Waals surface area contributed by atoms with Gasteiger partial charge in [0, 0.05) is 29.9 Å². The molecule has 1 aromatic heterocycles. The first-order valence-electron chi connectivity index (χ1n) is 9.27. The van der Waals surface area contributed by atoms with E-state index in [9.17, 15) is 14.4 Å². The maximum atomic E-state index is 12.7. The maximum absolute atomic E-state index is 12.7. The van der Waals surface area contributed by atoms with E-state index in [0.717, 1.165) is 5.52 Å². The van der Waals surface area contributed by atoms with Crippen molar-refractivity contribution in [3.05, 3.63) is 53.6 Å². The van der Waals surface area contributed by atoms with Crippen LogP contribution in [0.4, 0.5) is 5.69 Å². The average molecular weight is 393 g/mol. The quantitative estimate of drug-likeness (QED) is 0.650. The third kappa shape index (κ3) is 4.48. The van der Waals surface area contributed by atoms with Crippen molar-refractivity contribution in [2.45, 2.75) is 26.8 Å². The second kappa shape index (κ2) is 8.22. The Morgan fingerprint density at radius 2 is 1.86 bits per heavy atom. The number of aromatic nitrogens is 3. The Bertz CT molecular complexity index is 1090. The van der Waals surface area contributed by atoms with Gasteiger partial charge in [0.2, 0.25) is 5.91 Å². The normalized spacial score (nSPS) is 10.9. The molecule has 0 aliphatic heterocycles. The van der Waals surface area contributed by atoms with Crippen molar-refractivity contribution in [2.75, 3.05) is 18.9 Å². The fourth-order valence-corrected chi connectivity index (χ4v) is 2.98. The zero-order chi connectivity index (χ0) is 21.1. The second-order valence-electron chi connectivity index (χ2n) is 7.18. The number of likely N-dealkylation sites (N-methyl/N-ethyl adjacent to an activating group) is 1. The summed E-state index contributed by atoms with van der Waals surface area (Å²) >= 11 is 0. The predicted octanol–water partition coefficient (Wildman–Crippen LogP) is 2.93. The summed E-state index contributed by atoms with van der Waals surface area (Å²) in [6.07, 6.45) is 0. The Balaban J connectivity index is 1.68. The molecular formula is C21H23N5O3. The molecule has 0 unspecified atom stereocenters. The van der Waals surface area contributed by atoms with Crippen LogP contribution in [0, 0.1) is 0 Å². The van der Waals surface area contributed by atoms with Gasteiger partial charge in [-0.3, -0.25) is 14.4 Å². The molecule has 8 heteroatoms. The molecule has 3 rings (SSSR count). The summed E-state index contributed by atoms with van der Waals surface area (Å²) in [6, 6.07) is 12.0. The molecule has 3 aromatic rings. The van der Waals surface area contributed by atoms with Crippen molar-refractivity contribution < 1.29 is 14.4 Å². The van der Waals surface area contributed by atoms with Crippen molar-refractivity contribution in [1.82, 2.24) is 19.9 Å². The van der Waals surface area contributed by atoms with Crippen LogP contribution in [0.3, 0.4) is 0 Å². The highest BCUT2D eigenvalue weighted by Gasteiger charge is 2.17. The summed E-state index contributed by atoms with van der Waals surface area (Å²) in [7, 11) is 1.56. The number of anilines is 1. The van der Waals surface area contributed by atoms with Crippen LogP contribution in [0.15, 0.2) is 42.5 Å². The molecule has 1 heterocycles. The van der Waals surface area contributed by atoms with Gasteiger partial charge in [-0.25, -0.2) is 4.68 Å². The number of carbonyl (C=O) groups is 3. The predicted molar refractivity (Wildman–Crippen MR) is 110 cm³/mol. The topological polar surface area (TPSA) is 97.2 Å². The van der Waals surface area contributed by atoms with Crippen molar-refractivity contribution in [3.63, 3.8) is 0 Å². The third-order valence-corrected chi connectivity index (χ3v) is 4.49. The average Bonchev–Trinajstić information content (AvgIpc) is 3.10. The molecule has 2 amide bonds. The van der Waals surface area contributed by atoms with E-state index in [0.29, 0.717) is 22.3 Å². The van der Waals surface area contributed by atoms with Crippen molar-refractivity contribution >= 4 is 34.3 Å². The van der Waals surface area contributed by atoms with Crippen LogP contribution in [-0.2, 0) is 4.79 Å². The summed E-state index contributed by atoms with van der Waals surface area (Å²) in [6.45, 7) is 5.35. The highest BCUT2D eigenvalue weighted by atomic mass is 16.2. The van der Waals surface area contributed by atoms with Gasteiger partial charge in [-0.15, -0.1) is 5.10 Å². The first-order chi connectivity index (χ1) is 13.8. The second-order valence-corrected chi connectivity index (χ2v) is 7.18. The highest BCUT2D eigenvalue weighted by Crippen LogP contribution is 2.18. The van der Waals surface area contributed by atoms with Crippen LogP contribution in [0.1, 0.15) is 47.5 Å². The molecule has 0 saturated carbocycles. The van der Waals surface area contributed by atoms with E-state index >= 15 is 0 Å². The highest BCUT2D eigenvalue weighted by molar-refractivity contribution is 6.01. The fourth-order valence-electron chi connectivity index (χ4n) is 2.98. The van der Waals surface area contributed by atoms with E-state index in [2.05, 4.69) is 15.6 Å². The molecule has 0 atom stereocenters. The van der Waals surface area contributed by atoms with Gasteiger partial charge in [-0.2, -0.15) is 0 Å². The van der Waals surface area contributed by atoms with Crippen LogP contribution in [0.5, 0.6) is 0 Å². The van der Waals surface area contributed by atoms with Crippen molar-refractivity contribution in [1.29, 1.82) is 0 Å². The van der Waals surface area contributed by atoms with E-state index in [1.54, 1.807) is 48.1 Å². The van der Waals surface area contributed by atoms with E-state index in [1.165, 1.54) is 11.8 Å². The van der Waals surface area contributed by atoms with Crippen molar-refractivity contribution in [3.8, 4) is 0 Å². The smallest absolute Gasteiger partial charge is 0.254 e. The molecule has 0 radical (unpaired) electrons. The first-order valence-corrected chi connectivity index (χ1v) is 9.27. The lowest BCUT2D eigenvalue weighted by Gasteiger charge is -2.17. The number of fused-ring (bicyclic) bond motifs is 1. The molecule has 0 bridgehead atoms. The minimum atomic E-state index is -0.353. The van der Waals surface area contributed by atoms with E-state index in [4.69, 9.17) is 0 Å². The molecule has 0 saturated heterocycles. The number of hydrogen-bond acceptors (Lipinski definition) is 5. The number of nitrogens with zero attached hydrogens (tertiary/aromatic N) is 4. The third-order valence-electron chi connectivity index (χ3n) is 4.49. The molecular weight excluding hydrogens is 370 g/mol. The number of benzene rings is 2. The number of hydrogen-bond donors (Lipinski definition) is 1. The molecule has 2 aromatic carbocycles. The summed E-state index contributed by atoms with van der Waals surface area (Å²) < 4.78 is 1.79. The molecule has 0 spiro atoms. The summed E-state index contributed by atoms with van der Waals surface area (Å²) in [5.74, 6) is -0.731. The van der Waals surface area contributed by atoms with Gasteiger partial charge in [0.05, 0.1) is 12.1 Å². The maximum Gasteiger partial charge on any atom is 0.254 e. The van der Waals surface area contributed by atoms with Crippen molar-refractivity contribution in [2.24, 2.45) is 0 Å². The van der Waals surface area contributed by atoms with Gasteiger partial charge in [-0.05, 0) is 51.1 Å². The van der Waals surface area contributed by atoms with Gasteiger partial charge in [0.15, 0.2) is 5.78 Å². The van der Waals surface area contributed by atoms with Crippen LogP contribution in [0.25, 0.3) is 11.0 Å². The van der Waals surface area contributed by atoms with E-state index < -0.39 is 0 Å². The summed E-state index contributed by atoms with van der Waals surface area (Å²) in [5, 5.41) is 10.9. The Labute approximate surface area is 168 Å². The Kier molecular flexibility index (Phi) is 5.72. The van der Waals surface area contributed by atoms with E-state index in [-0.39, 0.29) is 30.2 Å². The zero-order valence-corrected chi connectivity index (χ0v) is 16.8. The lowest BCUT2D eigenvalue weighted by molar-refractivity contribution is -0.116. The van der Waals surface area contributed by atoms with Gasteiger partial charge in [-0.1, -0.05) is 17.3 Å². The molecule has 8 nitrogen and oxygen atoms in total. The number of nitrogens with one attached hydrogen (secondary N) is 1. The van der Waals surface area contributed by atoms with Crippen LogP contribution in [-0.4, -0.2) is 51.1 Å². The van der Waals surface area contributed by atoms with Crippen LogP contribution in [0.2, 0.25) is 0 Å². The number of rotatable bonds is 6. The molecule has 0 fully saturated rings. The minimum Gasteiger partial charge on any atom is -0.332 e. The van der Waals surface area contributed by atoms with Gasteiger partial charge < -0.3 is 10.2 Å². The number of carbonyl (C=O) groups excluding carboxylic acids is 3. The summed E-state index contributed by atoms with van der Waals surface area (Å²) in [5.41, 5.74) is 2.93. The largest absolute Gasteiger partial charge is 0.332 e. The standard InChI is InChI=1S/C21H23N5O3/c1-13(2)26-19-9-8-16(11-18(19)23-24-26)21(29)25(4)12-20(28)22-17-7-5-6-15(10-17)14(3)27/h5-11,13H,12H2,1-4H3,(H,22,28).